The van der Waals surface area contributed by atoms with E-state index in [1.54, 1.807) is 0 Å². The second kappa shape index (κ2) is 5.12. The Labute approximate surface area is 116 Å². The third-order valence-corrected chi connectivity index (χ3v) is 0.938. The van der Waals surface area contributed by atoms with Gasteiger partial charge in [0.1, 0.15) is 0 Å². The Morgan fingerprint density at radius 1 is 1.67 bits per heavy atom. The first kappa shape index (κ1) is 10.4. The van der Waals surface area contributed by atoms with Crippen LogP contribution in [0.4, 0.5) is 4.39 Å². The summed E-state index contributed by atoms with van der Waals surface area (Å²) in [4.78, 5) is 3.41. The zero-order chi connectivity index (χ0) is 5.98. The molecule has 0 aliphatic heterocycles. The molecule has 0 saturated carbocycles. The van der Waals surface area contributed by atoms with E-state index < -0.39 is 5.82 Å². The molecule has 1 aromatic heterocycles. The van der Waals surface area contributed by atoms with Crippen LogP contribution in [0.1, 0.15) is 0 Å². The molecule has 0 aromatic carbocycles. The molecule has 1 heterocycles. The minimum absolute atomic E-state index is 0. The van der Waals surface area contributed by atoms with Gasteiger partial charge in [-0.25, -0.2) is 6.07 Å². The van der Waals surface area contributed by atoms with Gasteiger partial charge < -0.3 is 4.39 Å². The van der Waals surface area contributed by atoms with E-state index in [2.05, 4.69) is 11.1 Å². The molecular weight excluding hydrogens is 261 g/mol. The van der Waals surface area contributed by atoms with Crippen molar-refractivity contribution in [2.45, 2.75) is 0 Å². The van der Waals surface area contributed by atoms with E-state index in [1.807, 2.05) is 0 Å². The van der Waals surface area contributed by atoms with E-state index in [0.717, 1.165) is 6.07 Å². The standard InChI is InChI=1S/C5H2ClFN.Cs/c6-5-4(7)2-1-3-8-5;/h2-3H;/q-1;+1. The monoisotopic (exact) mass is 263 g/mol. The maximum absolute atomic E-state index is 12.1. The Bertz CT molecular complexity index is 173. The molecule has 0 atom stereocenters. The Balaban J connectivity index is 0.000000640. The first-order chi connectivity index (χ1) is 3.80. The van der Waals surface area contributed by atoms with Crippen molar-refractivity contribution in [1.29, 1.82) is 0 Å². The van der Waals surface area contributed by atoms with E-state index in [9.17, 15) is 4.39 Å². The topological polar surface area (TPSA) is 12.9 Å². The molecule has 9 heavy (non-hydrogen) atoms. The number of aromatic nitrogens is 1. The summed E-state index contributed by atoms with van der Waals surface area (Å²) >= 11 is 5.20. The predicted molar refractivity (Wildman–Crippen MR) is 28.0 cm³/mol. The second-order valence-electron chi connectivity index (χ2n) is 1.21. The summed E-state index contributed by atoms with van der Waals surface area (Å²) < 4.78 is 12.1. The molecule has 4 heteroatoms. The van der Waals surface area contributed by atoms with Gasteiger partial charge in [-0.05, 0) is 0 Å². The number of pyridine rings is 1. The molecule has 1 rings (SSSR count). The summed E-state index contributed by atoms with van der Waals surface area (Å²) in [5, 5.41) is -0.108. The van der Waals surface area contributed by atoms with E-state index in [-0.39, 0.29) is 74.0 Å². The molecular formula is C5H2ClCsFN. The number of hydrogen-bond donors (Lipinski definition) is 0. The summed E-state index contributed by atoms with van der Waals surface area (Å²) in [6, 6.07) is 3.57. The van der Waals surface area contributed by atoms with Gasteiger partial charge in [0.2, 0.25) is 0 Å². The van der Waals surface area contributed by atoms with Gasteiger partial charge in [0, 0.05) is 5.82 Å². The minimum atomic E-state index is -0.533. The molecule has 0 N–H and O–H groups in total. The van der Waals surface area contributed by atoms with E-state index in [4.69, 9.17) is 11.6 Å². The summed E-state index contributed by atoms with van der Waals surface area (Å²) in [6.45, 7) is 0. The van der Waals surface area contributed by atoms with Crippen LogP contribution >= 0.6 is 11.6 Å². The fourth-order valence-corrected chi connectivity index (χ4v) is 0.429. The van der Waals surface area contributed by atoms with Crippen molar-refractivity contribution >= 4 is 11.6 Å². The van der Waals surface area contributed by atoms with Crippen molar-refractivity contribution in [3.63, 3.8) is 0 Å². The van der Waals surface area contributed by atoms with Gasteiger partial charge >= 0.3 is 68.9 Å². The fraction of sp³-hybridized carbons (Fsp3) is 0. The molecule has 0 bridgehead atoms. The SMILES string of the molecule is Fc1c[c-]cnc1Cl.[Cs+]. The fourth-order valence-electron chi connectivity index (χ4n) is 0.326. The number of nitrogens with zero attached hydrogens (tertiary/aromatic N) is 1. The van der Waals surface area contributed by atoms with Gasteiger partial charge in [0.25, 0.3) is 0 Å². The second-order valence-corrected chi connectivity index (χ2v) is 1.57. The third kappa shape index (κ3) is 3.36. The van der Waals surface area contributed by atoms with Gasteiger partial charge in [-0.3, -0.25) is 4.98 Å². The maximum atomic E-state index is 12.1. The van der Waals surface area contributed by atoms with Crippen molar-refractivity contribution in [3.8, 4) is 0 Å². The smallest absolute Gasteiger partial charge is 0.317 e. The summed E-state index contributed by atoms with van der Waals surface area (Å²) in [5.74, 6) is -0.533. The van der Waals surface area contributed by atoms with Crippen molar-refractivity contribution in [2.24, 2.45) is 0 Å². The quantitative estimate of drug-likeness (QED) is 0.418. The van der Waals surface area contributed by atoms with Gasteiger partial charge in [-0.2, -0.15) is 6.07 Å². The van der Waals surface area contributed by atoms with Crippen LogP contribution in [-0.2, 0) is 0 Å². The Kier molecular flexibility index (Phi) is 5.93. The first-order valence-electron chi connectivity index (χ1n) is 1.98. The molecule has 0 radical (unpaired) electrons. The Morgan fingerprint density at radius 3 is 2.67 bits per heavy atom. The number of halogens is 2. The molecule has 0 spiro atoms. The summed E-state index contributed by atoms with van der Waals surface area (Å²) in [5.41, 5.74) is 0. The maximum Gasteiger partial charge on any atom is 1.00 e. The van der Waals surface area contributed by atoms with Crippen molar-refractivity contribution in [2.75, 3.05) is 0 Å². The molecule has 0 fully saturated rings. The Morgan fingerprint density at radius 2 is 2.33 bits per heavy atom. The minimum Gasteiger partial charge on any atom is -0.317 e. The summed E-state index contributed by atoms with van der Waals surface area (Å²) in [6.07, 6.45) is 1.31. The largest absolute Gasteiger partial charge is 1.00 e. The van der Waals surface area contributed by atoms with Crippen LogP contribution in [0.5, 0.6) is 0 Å². The first-order valence-corrected chi connectivity index (χ1v) is 2.35. The third-order valence-electron chi connectivity index (χ3n) is 0.660. The van der Waals surface area contributed by atoms with Crippen molar-refractivity contribution < 1.29 is 73.3 Å². The van der Waals surface area contributed by atoms with Crippen LogP contribution in [0, 0.1) is 11.9 Å². The van der Waals surface area contributed by atoms with E-state index in [0.29, 0.717) is 0 Å². The van der Waals surface area contributed by atoms with Gasteiger partial charge in [0.05, 0.1) is 5.15 Å². The zero-order valence-electron chi connectivity index (χ0n) is 4.86. The molecule has 1 nitrogen and oxygen atoms in total. The van der Waals surface area contributed by atoms with Crippen LogP contribution in [0.15, 0.2) is 12.3 Å². The molecule has 1 aromatic rings. The van der Waals surface area contributed by atoms with Crippen LogP contribution in [0.3, 0.4) is 0 Å². The number of hydrogen-bond acceptors (Lipinski definition) is 1. The van der Waals surface area contributed by atoms with Crippen LogP contribution in [-0.4, -0.2) is 4.98 Å². The van der Waals surface area contributed by atoms with Crippen molar-refractivity contribution in [3.05, 3.63) is 29.3 Å². The van der Waals surface area contributed by atoms with Crippen LogP contribution < -0.4 is 68.9 Å². The number of rotatable bonds is 0. The average molecular weight is 263 g/mol. The van der Waals surface area contributed by atoms with Gasteiger partial charge in [-0.1, -0.05) is 17.8 Å². The molecule has 0 amide bonds. The normalized spacial score (nSPS) is 8.22. The van der Waals surface area contributed by atoms with Crippen LogP contribution in [0.25, 0.3) is 0 Å². The van der Waals surface area contributed by atoms with Crippen LogP contribution in [0.2, 0.25) is 5.15 Å². The van der Waals surface area contributed by atoms with E-state index >= 15 is 0 Å². The van der Waals surface area contributed by atoms with Gasteiger partial charge in [-0.15, -0.1) is 0 Å². The molecule has 0 aliphatic carbocycles. The van der Waals surface area contributed by atoms with Gasteiger partial charge in [0.15, 0.2) is 0 Å². The zero-order valence-corrected chi connectivity index (χ0v) is 11.9. The summed E-state index contributed by atoms with van der Waals surface area (Å²) in [7, 11) is 0. The van der Waals surface area contributed by atoms with E-state index in [1.165, 1.54) is 6.20 Å². The molecule has 0 aliphatic rings. The predicted octanol–water partition coefficient (Wildman–Crippen LogP) is -1.32. The average Bonchev–Trinajstić information content (AvgIpc) is 1.77. The van der Waals surface area contributed by atoms with Crippen molar-refractivity contribution in [1.82, 2.24) is 4.98 Å². The Hall–Kier alpha value is 1.42. The molecule has 0 unspecified atom stereocenters. The molecule has 42 valence electrons. The molecule has 0 saturated heterocycles.